The van der Waals surface area contributed by atoms with Gasteiger partial charge in [0, 0.05) is 0 Å². The largest absolute Gasteiger partial charge is 0.496 e. The molecule has 0 aromatic heterocycles. The molecule has 0 aliphatic rings. The van der Waals surface area contributed by atoms with Gasteiger partial charge in [0.05, 0.1) is 7.11 Å². The quantitative estimate of drug-likeness (QED) is 0.433. The van der Waals surface area contributed by atoms with Crippen LogP contribution in [-0.4, -0.2) is 7.11 Å². The summed E-state index contributed by atoms with van der Waals surface area (Å²) in [5.74, 6) is 0.964. The molecule has 1 unspecified atom stereocenters. The number of ether oxygens (including phenoxy) is 1. The molecular weight excluding hydrogens is 391 g/mol. The molecule has 2 aromatic carbocycles. The molecule has 3 heteroatoms. The van der Waals surface area contributed by atoms with E-state index in [2.05, 4.69) is 85.5 Å². The first-order valence-electron chi connectivity index (χ1n) is 8.27. The molecule has 25 heavy (non-hydrogen) atoms. The summed E-state index contributed by atoms with van der Waals surface area (Å²) in [4.78, 5) is 0. The smallest absolute Gasteiger partial charge is 0.122 e. The third-order valence-electron chi connectivity index (χ3n) is 4.54. The van der Waals surface area contributed by atoms with E-state index in [1.165, 1.54) is 38.7 Å². The van der Waals surface area contributed by atoms with E-state index in [1.807, 2.05) is 0 Å². The monoisotopic (exact) mass is 418 g/mol. The molecule has 0 N–H and O–H groups in total. The Bertz CT molecular complexity index is 791. The fraction of sp³-hybridized carbons (Fsp3) is 0.273. The van der Waals surface area contributed by atoms with Crippen LogP contribution in [0.15, 0.2) is 48.1 Å². The minimum atomic E-state index is 0. The zero-order chi connectivity index (χ0) is 17.7. The van der Waals surface area contributed by atoms with Crippen LogP contribution in [0.4, 0.5) is 0 Å². The van der Waals surface area contributed by atoms with Crippen molar-refractivity contribution in [2.45, 2.75) is 34.1 Å². The normalized spacial score (nSPS) is 11.5. The first-order chi connectivity index (χ1) is 11.4. The average Bonchev–Trinajstić information content (AvgIpc) is 2.57. The fourth-order valence-corrected chi connectivity index (χ4v) is 3.13. The third-order valence-corrected chi connectivity index (χ3v) is 5.10. The highest BCUT2D eigenvalue weighted by atomic mass is 79.9. The van der Waals surface area contributed by atoms with Gasteiger partial charge in [0.1, 0.15) is 5.75 Å². The molecule has 134 valence electrons. The van der Waals surface area contributed by atoms with Crippen molar-refractivity contribution in [3.63, 3.8) is 0 Å². The number of benzene rings is 2. The van der Waals surface area contributed by atoms with E-state index in [9.17, 15) is 0 Å². The summed E-state index contributed by atoms with van der Waals surface area (Å²) in [6, 6.07) is 10.6. The number of methoxy groups -OCH3 is 1. The van der Waals surface area contributed by atoms with E-state index in [0.29, 0.717) is 0 Å². The first-order valence-corrected chi connectivity index (χ1v) is 8.84. The molecule has 1 nitrogen and oxygen atoms in total. The topological polar surface area (TPSA) is 9.23 Å². The molecule has 0 fully saturated rings. The lowest BCUT2D eigenvalue weighted by Crippen LogP contribution is -1.99. The molecule has 0 heterocycles. The van der Waals surface area contributed by atoms with E-state index in [4.69, 9.17) is 4.74 Å². The van der Waals surface area contributed by atoms with Gasteiger partial charge in [-0.05, 0) is 73.3 Å². The summed E-state index contributed by atoms with van der Waals surface area (Å²) < 4.78 is 5.45. The van der Waals surface area contributed by atoms with Crippen LogP contribution < -0.4 is 10.0 Å². The van der Waals surface area contributed by atoms with E-state index in [1.54, 1.807) is 7.11 Å². The molecule has 0 aliphatic carbocycles. The lowest BCUT2D eigenvalue weighted by atomic mass is 9.96. The van der Waals surface area contributed by atoms with Crippen LogP contribution in [0.25, 0.3) is 6.08 Å². The Morgan fingerprint density at radius 2 is 1.80 bits per heavy atom. The third kappa shape index (κ3) is 5.56. The highest BCUT2D eigenvalue weighted by Gasteiger charge is 2.08. The summed E-state index contributed by atoms with van der Waals surface area (Å²) in [7, 11) is 4.54. The van der Waals surface area contributed by atoms with Crippen LogP contribution in [-0.2, 0) is 6.42 Å². The Labute approximate surface area is 165 Å². The van der Waals surface area contributed by atoms with E-state index in [0.717, 1.165) is 12.2 Å². The molecule has 0 amide bonds. The predicted molar refractivity (Wildman–Crippen MR) is 120 cm³/mol. The van der Waals surface area contributed by atoms with Crippen molar-refractivity contribution in [3.05, 3.63) is 75.9 Å². The van der Waals surface area contributed by atoms with Gasteiger partial charge in [0.2, 0.25) is 0 Å². The first kappa shape index (κ1) is 21.7. The maximum atomic E-state index is 5.45. The van der Waals surface area contributed by atoms with Gasteiger partial charge in [-0.1, -0.05) is 48.1 Å². The molecule has 1 atom stereocenters. The molecule has 2 aromatic rings. The van der Waals surface area contributed by atoms with Crippen molar-refractivity contribution < 1.29 is 4.74 Å². The maximum absolute atomic E-state index is 5.45. The van der Waals surface area contributed by atoms with Crippen LogP contribution in [0, 0.1) is 20.8 Å². The molecule has 0 bridgehead atoms. The van der Waals surface area contributed by atoms with Crippen molar-refractivity contribution in [2.24, 2.45) is 0 Å². The van der Waals surface area contributed by atoms with E-state index in [-0.39, 0.29) is 17.0 Å². The van der Waals surface area contributed by atoms with Crippen LogP contribution >= 0.6 is 26.2 Å². The zero-order valence-corrected chi connectivity index (χ0v) is 18.6. The maximum Gasteiger partial charge on any atom is 0.122 e. The van der Waals surface area contributed by atoms with Gasteiger partial charge in [-0.3, -0.25) is 0 Å². The Morgan fingerprint density at radius 1 is 1.12 bits per heavy atom. The number of halogens is 1. The molecular formula is C22H28BrOP. The van der Waals surface area contributed by atoms with Gasteiger partial charge in [-0.2, -0.15) is 0 Å². The number of allylic oxidation sites excluding steroid dienone is 3. The van der Waals surface area contributed by atoms with Crippen molar-refractivity contribution in [1.82, 2.24) is 0 Å². The fourth-order valence-electron chi connectivity index (χ4n) is 2.81. The number of aryl methyl sites for hydroxylation is 1. The minimum absolute atomic E-state index is 0. The summed E-state index contributed by atoms with van der Waals surface area (Å²) >= 11 is 0. The SMILES string of the molecule is Br.COc1cc(C)c(C=CC(C)=CCc2ccccc2P)c(C)c1C. The van der Waals surface area contributed by atoms with E-state index < -0.39 is 0 Å². The summed E-state index contributed by atoms with van der Waals surface area (Å²) in [6.07, 6.45) is 7.65. The molecule has 0 saturated carbocycles. The lowest BCUT2D eigenvalue weighted by molar-refractivity contribution is 0.411. The predicted octanol–water partition coefficient (Wildman–Crippen LogP) is 5.90. The Balaban J connectivity index is 0.00000312. The van der Waals surface area contributed by atoms with Gasteiger partial charge < -0.3 is 4.74 Å². The van der Waals surface area contributed by atoms with Crippen LogP contribution in [0.1, 0.15) is 34.7 Å². The van der Waals surface area contributed by atoms with Crippen molar-refractivity contribution in [3.8, 4) is 5.75 Å². The van der Waals surface area contributed by atoms with Gasteiger partial charge in [-0.15, -0.1) is 26.2 Å². The second-order valence-corrected chi connectivity index (χ2v) is 6.87. The van der Waals surface area contributed by atoms with Crippen LogP contribution in [0.2, 0.25) is 0 Å². The van der Waals surface area contributed by atoms with Gasteiger partial charge >= 0.3 is 0 Å². The van der Waals surface area contributed by atoms with Gasteiger partial charge in [0.25, 0.3) is 0 Å². The van der Waals surface area contributed by atoms with Crippen LogP contribution in [0.5, 0.6) is 5.75 Å². The zero-order valence-electron chi connectivity index (χ0n) is 15.7. The van der Waals surface area contributed by atoms with Gasteiger partial charge in [-0.25, -0.2) is 0 Å². The number of hydrogen-bond donors (Lipinski definition) is 0. The average molecular weight is 419 g/mol. The molecule has 0 spiro atoms. The van der Waals surface area contributed by atoms with Crippen molar-refractivity contribution >= 4 is 37.6 Å². The highest BCUT2D eigenvalue weighted by Crippen LogP contribution is 2.28. The van der Waals surface area contributed by atoms with Gasteiger partial charge in [0.15, 0.2) is 0 Å². The highest BCUT2D eigenvalue weighted by molar-refractivity contribution is 8.93. The minimum Gasteiger partial charge on any atom is -0.496 e. The van der Waals surface area contributed by atoms with Crippen molar-refractivity contribution in [2.75, 3.05) is 7.11 Å². The summed E-state index contributed by atoms with van der Waals surface area (Å²) in [5, 5.41) is 1.27. The number of rotatable bonds is 5. The molecule has 2 rings (SSSR count). The molecule has 0 aliphatic heterocycles. The molecule has 0 saturated heterocycles. The Morgan fingerprint density at radius 3 is 2.44 bits per heavy atom. The van der Waals surface area contributed by atoms with E-state index >= 15 is 0 Å². The Kier molecular flexibility index (Phi) is 8.62. The lowest BCUT2D eigenvalue weighted by Gasteiger charge is -2.13. The molecule has 0 radical (unpaired) electrons. The summed E-state index contributed by atoms with van der Waals surface area (Å²) in [6.45, 7) is 8.57. The second kappa shape index (κ2) is 9.94. The Hall–Kier alpha value is -1.37. The second-order valence-electron chi connectivity index (χ2n) is 6.24. The van der Waals surface area contributed by atoms with Crippen molar-refractivity contribution in [1.29, 1.82) is 0 Å². The van der Waals surface area contributed by atoms with Crippen LogP contribution in [0.3, 0.4) is 0 Å². The standard InChI is InChI=1S/C22H27OP.BrH/c1-15(10-12-19-8-6-7-9-22(19)24)11-13-20-16(2)14-21(23-5)18(4)17(20)3;/h6-11,13-14H,12,24H2,1-5H3;1H. The summed E-state index contributed by atoms with van der Waals surface area (Å²) in [5.41, 5.74) is 7.65. The number of hydrogen-bond acceptors (Lipinski definition) is 1.